The van der Waals surface area contributed by atoms with Gasteiger partial charge in [-0.25, -0.2) is 0 Å². The Hall–Kier alpha value is -2.25. The third-order valence-electron chi connectivity index (χ3n) is 2.24. The molecule has 0 aliphatic heterocycles. The van der Waals surface area contributed by atoms with Gasteiger partial charge in [-0.15, -0.1) is 13.2 Å². The zero-order valence-electron chi connectivity index (χ0n) is 10.4. The van der Waals surface area contributed by atoms with Gasteiger partial charge in [-0.1, -0.05) is 12.1 Å². The van der Waals surface area contributed by atoms with Crippen LogP contribution in [-0.4, -0.2) is 29.4 Å². The Balaban J connectivity index is 2.66. The lowest BCUT2D eigenvalue weighted by Crippen LogP contribution is -2.39. The molecule has 0 aromatic heterocycles. The highest BCUT2D eigenvalue weighted by Gasteiger charge is 2.31. The van der Waals surface area contributed by atoms with E-state index in [0.29, 0.717) is 0 Å². The van der Waals surface area contributed by atoms with E-state index in [1.165, 1.54) is 19.1 Å². The van der Waals surface area contributed by atoms with Crippen molar-refractivity contribution in [1.82, 2.24) is 5.32 Å². The molecule has 0 spiro atoms. The lowest BCUT2D eigenvalue weighted by atomic mass is 10.1. The monoisotopic (exact) mass is 291 g/mol. The molecule has 0 aliphatic rings. The van der Waals surface area contributed by atoms with E-state index in [1.54, 1.807) is 0 Å². The fraction of sp³-hybridized carbons (Fsp3) is 0.333. The summed E-state index contributed by atoms with van der Waals surface area (Å²) < 4.78 is 39.8. The molecule has 1 aromatic carbocycles. The van der Waals surface area contributed by atoms with Crippen LogP contribution in [0.3, 0.4) is 0 Å². The van der Waals surface area contributed by atoms with Crippen molar-refractivity contribution in [3.05, 3.63) is 29.8 Å². The van der Waals surface area contributed by atoms with Crippen LogP contribution in [0.1, 0.15) is 12.5 Å². The first-order chi connectivity index (χ1) is 9.17. The Morgan fingerprint density at radius 2 is 2.05 bits per heavy atom. The molecule has 0 saturated carbocycles. The number of amides is 1. The highest BCUT2D eigenvalue weighted by Crippen LogP contribution is 2.23. The first-order valence-electron chi connectivity index (χ1n) is 5.54. The molecule has 1 amide bonds. The van der Waals surface area contributed by atoms with Gasteiger partial charge in [-0.2, -0.15) is 0 Å². The molecule has 1 rings (SSSR count). The summed E-state index contributed by atoms with van der Waals surface area (Å²) in [6.07, 6.45) is -5.05. The minimum atomic E-state index is -4.81. The third-order valence-corrected chi connectivity index (χ3v) is 2.24. The maximum Gasteiger partial charge on any atom is 0.573 e. The van der Waals surface area contributed by atoms with E-state index in [-0.39, 0.29) is 12.0 Å². The first kappa shape index (κ1) is 15.8. The maximum atomic E-state index is 12.0. The van der Waals surface area contributed by atoms with E-state index >= 15 is 0 Å². The Morgan fingerprint density at radius 3 is 2.60 bits per heavy atom. The van der Waals surface area contributed by atoms with E-state index < -0.39 is 30.0 Å². The van der Waals surface area contributed by atoms with E-state index in [4.69, 9.17) is 5.11 Å². The van der Waals surface area contributed by atoms with Gasteiger partial charge in [0.25, 0.3) is 0 Å². The van der Waals surface area contributed by atoms with Crippen molar-refractivity contribution in [2.24, 2.45) is 0 Å². The number of carbonyl (C=O) groups excluding carboxylic acids is 1. The van der Waals surface area contributed by atoms with Crippen LogP contribution in [0.25, 0.3) is 0 Å². The van der Waals surface area contributed by atoms with Gasteiger partial charge < -0.3 is 15.2 Å². The van der Waals surface area contributed by atoms with Gasteiger partial charge in [0.15, 0.2) is 0 Å². The second kappa shape index (κ2) is 6.27. The molecule has 1 aromatic rings. The largest absolute Gasteiger partial charge is 0.573 e. The fourth-order valence-electron chi connectivity index (χ4n) is 1.39. The lowest BCUT2D eigenvalue weighted by molar-refractivity contribution is -0.274. The van der Waals surface area contributed by atoms with Gasteiger partial charge in [-0.05, 0) is 24.6 Å². The molecule has 0 bridgehead atoms. The van der Waals surface area contributed by atoms with E-state index in [2.05, 4.69) is 10.1 Å². The second-order valence-electron chi connectivity index (χ2n) is 4.00. The van der Waals surface area contributed by atoms with Crippen LogP contribution in [0.15, 0.2) is 24.3 Å². The fourth-order valence-corrected chi connectivity index (χ4v) is 1.39. The summed E-state index contributed by atoms with van der Waals surface area (Å²) in [6, 6.07) is 3.85. The number of carbonyl (C=O) groups is 2. The van der Waals surface area contributed by atoms with Crippen molar-refractivity contribution in [3.8, 4) is 5.75 Å². The molecule has 0 unspecified atom stereocenters. The van der Waals surface area contributed by atoms with Crippen molar-refractivity contribution < 1.29 is 32.6 Å². The molecule has 8 heteroatoms. The van der Waals surface area contributed by atoms with E-state index in [0.717, 1.165) is 12.1 Å². The van der Waals surface area contributed by atoms with Crippen LogP contribution in [0.2, 0.25) is 0 Å². The van der Waals surface area contributed by atoms with Crippen LogP contribution < -0.4 is 10.1 Å². The standard InChI is InChI=1S/C12H12F3NO4/c1-7(11(18)19)16-10(17)6-8-3-2-4-9(5-8)20-12(13,14)15/h2-5,7H,6H2,1H3,(H,16,17)(H,18,19)/t7-/m0/s1. The predicted molar refractivity (Wildman–Crippen MR) is 62.1 cm³/mol. The number of carboxylic acid groups (broad SMARTS) is 1. The van der Waals surface area contributed by atoms with E-state index in [9.17, 15) is 22.8 Å². The van der Waals surface area contributed by atoms with Gasteiger partial charge in [-0.3, -0.25) is 9.59 Å². The zero-order valence-corrected chi connectivity index (χ0v) is 10.4. The van der Waals surface area contributed by atoms with Crippen LogP contribution >= 0.6 is 0 Å². The summed E-state index contributed by atoms with van der Waals surface area (Å²) in [5.41, 5.74) is 0.279. The zero-order chi connectivity index (χ0) is 15.3. The van der Waals surface area contributed by atoms with Crippen molar-refractivity contribution in [3.63, 3.8) is 0 Å². The average Bonchev–Trinajstić information content (AvgIpc) is 2.26. The van der Waals surface area contributed by atoms with Crippen molar-refractivity contribution in [2.45, 2.75) is 25.7 Å². The highest BCUT2D eigenvalue weighted by molar-refractivity contribution is 5.84. The Labute approximate surface area is 112 Å². The average molecular weight is 291 g/mol. The molecule has 0 heterocycles. The Morgan fingerprint density at radius 1 is 1.40 bits per heavy atom. The number of nitrogens with one attached hydrogen (secondary N) is 1. The lowest BCUT2D eigenvalue weighted by Gasteiger charge is -2.11. The van der Waals surface area contributed by atoms with E-state index in [1.807, 2.05) is 0 Å². The van der Waals surface area contributed by atoms with Gasteiger partial charge in [0.1, 0.15) is 11.8 Å². The number of hydrogen-bond donors (Lipinski definition) is 2. The molecule has 110 valence electrons. The van der Waals surface area contributed by atoms with Crippen molar-refractivity contribution >= 4 is 11.9 Å². The summed E-state index contributed by atoms with van der Waals surface area (Å²) in [5, 5.41) is 10.8. The van der Waals surface area contributed by atoms with Crippen molar-refractivity contribution in [1.29, 1.82) is 0 Å². The van der Waals surface area contributed by atoms with Gasteiger partial charge in [0.2, 0.25) is 5.91 Å². The number of halogens is 3. The molecule has 0 aliphatic carbocycles. The summed E-state index contributed by atoms with van der Waals surface area (Å²) in [6.45, 7) is 1.28. The number of alkyl halides is 3. The quantitative estimate of drug-likeness (QED) is 0.866. The molecule has 0 radical (unpaired) electrons. The molecule has 1 atom stereocenters. The van der Waals surface area contributed by atoms with Crippen molar-refractivity contribution in [2.75, 3.05) is 0 Å². The maximum absolute atomic E-state index is 12.0. The van der Waals surface area contributed by atoms with Crippen LogP contribution in [0, 0.1) is 0 Å². The number of ether oxygens (including phenoxy) is 1. The molecular weight excluding hydrogens is 279 g/mol. The van der Waals surface area contributed by atoms with Gasteiger partial charge in [0, 0.05) is 0 Å². The number of aliphatic carboxylic acids is 1. The Kier molecular flexibility index (Phi) is 4.95. The summed E-state index contributed by atoms with van der Waals surface area (Å²) in [7, 11) is 0. The first-order valence-corrected chi connectivity index (χ1v) is 5.54. The molecule has 0 saturated heterocycles. The number of carboxylic acids is 1. The highest BCUT2D eigenvalue weighted by atomic mass is 19.4. The predicted octanol–water partition coefficient (Wildman–Crippen LogP) is 1.72. The topological polar surface area (TPSA) is 75.6 Å². The van der Waals surface area contributed by atoms with Gasteiger partial charge >= 0.3 is 12.3 Å². The van der Waals surface area contributed by atoms with Crippen LogP contribution in [0.5, 0.6) is 5.75 Å². The summed E-state index contributed by atoms with van der Waals surface area (Å²) in [5.74, 6) is -2.24. The van der Waals surface area contributed by atoms with Crippen LogP contribution in [-0.2, 0) is 16.0 Å². The molecule has 0 fully saturated rings. The molecule has 5 nitrogen and oxygen atoms in total. The summed E-state index contributed by atoms with van der Waals surface area (Å²) >= 11 is 0. The minimum Gasteiger partial charge on any atom is -0.480 e. The summed E-state index contributed by atoms with van der Waals surface area (Å²) in [4.78, 5) is 22.0. The Bertz CT molecular complexity index is 502. The smallest absolute Gasteiger partial charge is 0.480 e. The molecule has 20 heavy (non-hydrogen) atoms. The second-order valence-corrected chi connectivity index (χ2v) is 4.00. The minimum absolute atomic E-state index is 0.243. The number of rotatable bonds is 5. The normalized spacial score (nSPS) is 12.6. The molecule has 2 N–H and O–H groups in total. The SMILES string of the molecule is C[C@H](NC(=O)Cc1cccc(OC(F)(F)F)c1)C(=O)O. The number of benzene rings is 1. The molecular formula is C12H12F3NO4. The third kappa shape index (κ3) is 5.59. The van der Waals surface area contributed by atoms with Gasteiger partial charge in [0.05, 0.1) is 6.42 Å². The number of hydrogen-bond acceptors (Lipinski definition) is 3. The van der Waals surface area contributed by atoms with Crippen LogP contribution in [0.4, 0.5) is 13.2 Å².